The number of hydrogen-bond acceptors (Lipinski definition) is 5. The molecule has 2 rings (SSSR count). The van der Waals surface area contributed by atoms with Crippen molar-refractivity contribution in [1.82, 2.24) is 14.8 Å². The molecular weight excluding hydrogens is 310 g/mol. The fourth-order valence-corrected chi connectivity index (χ4v) is 3.13. The van der Waals surface area contributed by atoms with Crippen LogP contribution in [-0.2, 0) is 6.54 Å². The van der Waals surface area contributed by atoms with Crippen LogP contribution in [0.4, 0.5) is 0 Å². The predicted octanol–water partition coefficient (Wildman–Crippen LogP) is 2.92. The molecule has 5 nitrogen and oxygen atoms in total. The number of aromatic nitrogens is 3. The average Bonchev–Trinajstić information content (AvgIpc) is 2.86. The van der Waals surface area contributed by atoms with Gasteiger partial charge in [0.05, 0.1) is 6.10 Å². The molecule has 0 saturated carbocycles. The van der Waals surface area contributed by atoms with E-state index in [0.717, 1.165) is 27.9 Å². The zero-order valence-electron chi connectivity index (χ0n) is 13.8. The van der Waals surface area contributed by atoms with Gasteiger partial charge in [0.1, 0.15) is 18.2 Å². The summed E-state index contributed by atoms with van der Waals surface area (Å²) in [4.78, 5) is 0. The van der Waals surface area contributed by atoms with Crippen LogP contribution in [0.25, 0.3) is 0 Å². The van der Waals surface area contributed by atoms with Gasteiger partial charge in [-0.2, -0.15) is 0 Å². The number of ether oxygens (including phenoxy) is 1. The van der Waals surface area contributed by atoms with Gasteiger partial charge in [-0.25, -0.2) is 0 Å². The second-order valence-electron chi connectivity index (χ2n) is 5.43. The van der Waals surface area contributed by atoms with Crippen molar-refractivity contribution in [1.29, 1.82) is 0 Å². The average molecular weight is 333 g/mol. The summed E-state index contributed by atoms with van der Waals surface area (Å²) >= 11 is 1.47. The van der Waals surface area contributed by atoms with E-state index in [1.165, 1.54) is 11.8 Å². The van der Waals surface area contributed by atoms with Gasteiger partial charge in [-0.3, -0.25) is 0 Å². The van der Waals surface area contributed by atoms with E-state index in [1.807, 2.05) is 43.5 Å². The molecule has 0 radical (unpaired) electrons. The van der Waals surface area contributed by atoms with Gasteiger partial charge in [-0.15, -0.1) is 16.8 Å². The maximum atomic E-state index is 10.2. The Morgan fingerprint density at radius 1 is 1.30 bits per heavy atom. The molecule has 0 saturated heterocycles. The van der Waals surface area contributed by atoms with Crippen LogP contribution in [0.3, 0.4) is 0 Å². The maximum Gasteiger partial charge on any atom is 0.191 e. The lowest BCUT2D eigenvalue weighted by molar-refractivity contribution is 0.125. The Bertz CT molecular complexity index is 650. The first-order valence-electron chi connectivity index (χ1n) is 7.53. The number of para-hydroxylation sites is 1. The minimum Gasteiger partial charge on any atom is -0.490 e. The van der Waals surface area contributed by atoms with Gasteiger partial charge in [-0.05, 0) is 31.9 Å². The largest absolute Gasteiger partial charge is 0.490 e. The molecule has 0 fully saturated rings. The van der Waals surface area contributed by atoms with E-state index in [9.17, 15) is 5.11 Å². The van der Waals surface area contributed by atoms with Crippen LogP contribution < -0.4 is 4.74 Å². The highest BCUT2D eigenvalue weighted by atomic mass is 32.2. The third kappa shape index (κ3) is 4.59. The maximum absolute atomic E-state index is 10.2. The third-order valence-electron chi connectivity index (χ3n) is 3.45. The van der Waals surface area contributed by atoms with Crippen LogP contribution in [0.15, 0.2) is 36.0 Å². The minimum atomic E-state index is -0.576. The van der Waals surface area contributed by atoms with Gasteiger partial charge in [0.2, 0.25) is 0 Å². The second kappa shape index (κ2) is 8.17. The number of benzene rings is 1. The summed E-state index contributed by atoms with van der Waals surface area (Å²) in [5.74, 6) is 2.19. The number of aryl methyl sites for hydroxylation is 3. The molecule has 1 unspecified atom stereocenters. The molecule has 2 aromatic rings. The number of aliphatic hydroxyl groups is 1. The van der Waals surface area contributed by atoms with Crippen molar-refractivity contribution in [3.05, 3.63) is 47.8 Å². The molecule has 0 bridgehead atoms. The lowest BCUT2D eigenvalue weighted by atomic mass is 10.1. The summed E-state index contributed by atoms with van der Waals surface area (Å²) in [6.07, 6.45) is 1.23. The summed E-state index contributed by atoms with van der Waals surface area (Å²) in [7, 11) is 0. The Balaban J connectivity index is 1.88. The van der Waals surface area contributed by atoms with E-state index in [0.29, 0.717) is 12.3 Å². The van der Waals surface area contributed by atoms with Crippen molar-refractivity contribution in [2.45, 2.75) is 38.6 Å². The molecule has 0 spiro atoms. The fraction of sp³-hybridized carbons (Fsp3) is 0.412. The first-order chi connectivity index (χ1) is 11.0. The van der Waals surface area contributed by atoms with Crippen molar-refractivity contribution >= 4 is 11.8 Å². The molecule has 1 atom stereocenters. The minimum absolute atomic E-state index is 0.257. The van der Waals surface area contributed by atoms with E-state index in [2.05, 4.69) is 16.8 Å². The van der Waals surface area contributed by atoms with Crippen molar-refractivity contribution in [2.75, 3.05) is 12.4 Å². The zero-order chi connectivity index (χ0) is 16.8. The predicted molar refractivity (Wildman–Crippen MR) is 93.1 cm³/mol. The smallest absolute Gasteiger partial charge is 0.191 e. The monoisotopic (exact) mass is 333 g/mol. The Labute approximate surface area is 141 Å². The van der Waals surface area contributed by atoms with Crippen molar-refractivity contribution in [3.8, 4) is 5.75 Å². The van der Waals surface area contributed by atoms with Crippen LogP contribution in [0.1, 0.15) is 17.0 Å². The number of allylic oxidation sites excluding steroid dienone is 1. The van der Waals surface area contributed by atoms with Crippen LogP contribution >= 0.6 is 11.8 Å². The van der Waals surface area contributed by atoms with E-state index in [4.69, 9.17) is 4.74 Å². The van der Waals surface area contributed by atoms with Crippen LogP contribution in [0, 0.1) is 20.8 Å². The molecule has 0 amide bonds. The fourth-order valence-electron chi connectivity index (χ4n) is 2.23. The van der Waals surface area contributed by atoms with Gasteiger partial charge in [0, 0.05) is 12.3 Å². The van der Waals surface area contributed by atoms with Gasteiger partial charge >= 0.3 is 0 Å². The molecule has 0 aliphatic carbocycles. The summed E-state index contributed by atoms with van der Waals surface area (Å²) in [6, 6.07) is 6.01. The Hall–Kier alpha value is -1.79. The quantitative estimate of drug-likeness (QED) is 0.594. The molecular formula is C17H23N3O2S. The van der Waals surface area contributed by atoms with Gasteiger partial charge in [0.15, 0.2) is 5.16 Å². The van der Waals surface area contributed by atoms with Crippen LogP contribution in [0.2, 0.25) is 0 Å². The standard InChI is InChI=1S/C17H23N3O2S/c1-5-9-20-14(4)18-19-17(20)23-11-15(21)10-22-16-12(2)7-6-8-13(16)3/h5-8,15,21H,1,9-11H2,2-4H3. The highest BCUT2D eigenvalue weighted by Gasteiger charge is 2.13. The topological polar surface area (TPSA) is 60.2 Å². The summed E-state index contributed by atoms with van der Waals surface area (Å²) in [5, 5.41) is 19.1. The van der Waals surface area contributed by atoms with E-state index < -0.39 is 6.10 Å². The first-order valence-corrected chi connectivity index (χ1v) is 8.52. The summed E-state index contributed by atoms with van der Waals surface area (Å²) < 4.78 is 7.75. The molecule has 1 heterocycles. The van der Waals surface area contributed by atoms with Crippen molar-refractivity contribution in [3.63, 3.8) is 0 Å². The van der Waals surface area contributed by atoms with E-state index >= 15 is 0 Å². The SMILES string of the molecule is C=CCn1c(C)nnc1SCC(O)COc1c(C)cccc1C. The number of hydrogen-bond donors (Lipinski definition) is 1. The normalized spacial score (nSPS) is 12.2. The number of rotatable bonds is 8. The Morgan fingerprint density at radius 2 is 2.00 bits per heavy atom. The van der Waals surface area contributed by atoms with Crippen molar-refractivity contribution < 1.29 is 9.84 Å². The number of nitrogens with zero attached hydrogens (tertiary/aromatic N) is 3. The molecule has 1 N–H and O–H groups in total. The molecule has 23 heavy (non-hydrogen) atoms. The molecule has 6 heteroatoms. The van der Waals surface area contributed by atoms with Crippen LogP contribution in [0.5, 0.6) is 5.75 Å². The molecule has 1 aromatic heterocycles. The summed E-state index contributed by atoms with van der Waals surface area (Å²) in [5.41, 5.74) is 2.15. The molecule has 0 aliphatic heterocycles. The summed E-state index contributed by atoms with van der Waals surface area (Å²) in [6.45, 7) is 10.6. The van der Waals surface area contributed by atoms with E-state index in [1.54, 1.807) is 6.08 Å². The molecule has 1 aromatic carbocycles. The lowest BCUT2D eigenvalue weighted by Gasteiger charge is -2.15. The number of aliphatic hydroxyl groups excluding tert-OH is 1. The number of thioether (sulfide) groups is 1. The van der Waals surface area contributed by atoms with E-state index in [-0.39, 0.29) is 6.61 Å². The van der Waals surface area contributed by atoms with Crippen LogP contribution in [-0.4, -0.2) is 38.3 Å². The highest BCUT2D eigenvalue weighted by Crippen LogP contribution is 2.23. The Morgan fingerprint density at radius 3 is 2.65 bits per heavy atom. The molecule has 0 aliphatic rings. The first kappa shape index (κ1) is 17.6. The van der Waals surface area contributed by atoms with Gasteiger partial charge in [-0.1, -0.05) is 36.0 Å². The Kier molecular flexibility index (Phi) is 6.24. The lowest BCUT2D eigenvalue weighted by Crippen LogP contribution is -2.21. The van der Waals surface area contributed by atoms with Gasteiger partial charge in [0.25, 0.3) is 0 Å². The van der Waals surface area contributed by atoms with Gasteiger partial charge < -0.3 is 14.4 Å². The van der Waals surface area contributed by atoms with Crippen molar-refractivity contribution in [2.24, 2.45) is 0 Å². The highest BCUT2D eigenvalue weighted by molar-refractivity contribution is 7.99. The third-order valence-corrected chi connectivity index (χ3v) is 4.56. The molecule has 124 valence electrons. The zero-order valence-corrected chi connectivity index (χ0v) is 14.6. The second-order valence-corrected chi connectivity index (χ2v) is 6.41.